The first-order chi connectivity index (χ1) is 14.8. The Labute approximate surface area is 179 Å². The molecular formula is C21H22FN3O5S. The van der Waals surface area contributed by atoms with Crippen LogP contribution in [0.2, 0.25) is 0 Å². The number of rotatable bonds is 5. The number of nitrogens with one attached hydrogen (secondary N) is 1. The summed E-state index contributed by atoms with van der Waals surface area (Å²) in [6.45, 7) is 4.67. The largest absolute Gasteiger partial charge is 0.440 e. The second kappa shape index (κ2) is 8.37. The summed E-state index contributed by atoms with van der Waals surface area (Å²) in [6, 6.07) is 8.30. The second-order valence-electron chi connectivity index (χ2n) is 7.51. The Hall–Kier alpha value is -2.82. The van der Waals surface area contributed by atoms with Gasteiger partial charge in [0.15, 0.2) is 11.5 Å². The molecule has 0 aliphatic carbocycles. The number of aromatic nitrogens is 1. The average Bonchev–Trinajstić information content (AvgIpc) is 3.18. The molecule has 1 amide bonds. The molecule has 0 unspecified atom stereocenters. The first-order valence-electron chi connectivity index (χ1n) is 9.85. The van der Waals surface area contributed by atoms with Crippen molar-refractivity contribution in [2.45, 2.75) is 24.7 Å². The first-order valence-corrected chi connectivity index (χ1v) is 11.3. The zero-order chi connectivity index (χ0) is 22.2. The highest BCUT2D eigenvalue weighted by Crippen LogP contribution is 2.25. The van der Waals surface area contributed by atoms with E-state index in [1.54, 1.807) is 18.2 Å². The van der Waals surface area contributed by atoms with E-state index in [1.807, 2.05) is 13.8 Å². The molecule has 2 heterocycles. The third kappa shape index (κ3) is 4.32. The molecule has 164 valence electrons. The third-order valence-corrected chi connectivity index (χ3v) is 6.85. The summed E-state index contributed by atoms with van der Waals surface area (Å²) in [7, 11) is -4.08. The van der Waals surface area contributed by atoms with Crippen molar-refractivity contribution in [2.75, 3.05) is 31.6 Å². The molecule has 31 heavy (non-hydrogen) atoms. The maximum atomic E-state index is 14.4. The van der Waals surface area contributed by atoms with Crippen molar-refractivity contribution in [1.29, 1.82) is 0 Å². The number of fused-ring (bicyclic) bond motifs is 1. The van der Waals surface area contributed by atoms with Crippen LogP contribution in [0.5, 0.6) is 0 Å². The smallest absolute Gasteiger partial charge is 0.255 e. The van der Waals surface area contributed by atoms with Crippen molar-refractivity contribution in [3.05, 3.63) is 53.7 Å². The van der Waals surface area contributed by atoms with Gasteiger partial charge in [0.1, 0.15) is 16.2 Å². The van der Waals surface area contributed by atoms with Gasteiger partial charge in [-0.15, -0.1) is 0 Å². The first kappa shape index (κ1) is 21.4. The van der Waals surface area contributed by atoms with E-state index in [9.17, 15) is 17.6 Å². The van der Waals surface area contributed by atoms with Gasteiger partial charge in [0.2, 0.25) is 10.0 Å². The molecule has 3 aromatic rings. The molecule has 8 nitrogen and oxygen atoms in total. The summed E-state index contributed by atoms with van der Waals surface area (Å²) in [5.41, 5.74) is 1.68. The summed E-state index contributed by atoms with van der Waals surface area (Å²) >= 11 is 0. The van der Waals surface area contributed by atoms with Crippen LogP contribution in [0.15, 0.2) is 45.7 Å². The lowest BCUT2D eigenvalue weighted by atomic mass is 10.2. The van der Waals surface area contributed by atoms with Crippen molar-refractivity contribution in [1.82, 2.24) is 9.29 Å². The molecule has 0 atom stereocenters. The molecule has 1 N–H and O–H groups in total. The normalized spacial score (nSPS) is 15.5. The molecule has 1 saturated heterocycles. The Morgan fingerprint density at radius 2 is 1.90 bits per heavy atom. The monoisotopic (exact) mass is 447 g/mol. The number of carbonyl (C=O) groups is 1. The molecule has 1 fully saturated rings. The average molecular weight is 447 g/mol. The Morgan fingerprint density at radius 1 is 1.16 bits per heavy atom. The van der Waals surface area contributed by atoms with Gasteiger partial charge in [-0.2, -0.15) is 4.31 Å². The van der Waals surface area contributed by atoms with E-state index in [0.717, 1.165) is 16.4 Å². The van der Waals surface area contributed by atoms with Gasteiger partial charge in [-0.25, -0.2) is 17.8 Å². The summed E-state index contributed by atoms with van der Waals surface area (Å²) in [6.07, 6.45) is 0. The van der Waals surface area contributed by atoms with Crippen LogP contribution in [0.4, 0.5) is 10.1 Å². The number of hydrogen-bond acceptors (Lipinski definition) is 6. The molecular weight excluding hydrogens is 425 g/mol. The molecule has 1 aromatic heterocycles. The fourth-order valence-corrected chi connectivity index (χ4v) is 4.74. The van der Waals surface area contributed by atoms with Gasteiger partial charge < -0.3 is 14.5 Å². The van der Waals surface area contributed by atoms with Gasteiger partial charge >= 0.3 is 0 Å². The maximum Gasteiger partial charge on any atom is 0.255 e. The summed E-state index contributed by atoms with van der Waals surface area (Å²) in [4.78, 5) is 16.6. The fourth-order valence-electron chi connectivity index (χ4n) is 3.24. The van der Waals surface area contributed by atoms with Crippen molar-refractivity contribution < 1.29 is 26.8 Å². The summed E-state index contributed by atoms with van der Waals surface area (Å²) < 4.78 is 52.0. The number of anilines is 1. The number of oxazole rings is 1. The topological polar surface area (TPSA) is 102 Å². The van der Waals surface area contributed by atoms with Gasteiger partial charge in [0, 0.05) is 30.3 Å². The van der Waals surface area contributed by atoms with Crippen LogP contribution in [-0.4, -0.2) is 49.9 Å². The molecule has 0 radical (unpaired) electrons. The van der Waals surface area contributed by atoms with Crippen molar-refractivity contribution in [3.63, 3.8) is 0 Å². The molecule has 4 rings (SSSR count). The van der Waals surface area contributed by atoms with E-state index in [-0.39, 0.29) is 37.8 Å². The van der Waals surface area contributed by atoms with Crippen LogP contribution in [0, 0.1) is 5.82 Å². The van der Waals surface area contributed by atoms with Crippen LogP contribution in [-0.2, 0) is 14.8 Å². The zero-order valence-electron chi connectivity index (χ0n) is 17.1. The number of carbonyl (C=O) groups excluding carboxylic acids is 1. The Kier molecular flexibility index (Phi) is 5.78. The van der Waals surface area contributed by atoms with Crippen molar-refractivity contribution >= 4 is 32.7 Å². The van der Waals surface area contributed by atoms with Gasteiger partial charge in [-0.1, -0.05) is 13.8 Å². The Morgan fingerprint density at radius 3 is 2.61 bits per heavy atom. The summed E-state index contributed by atoms with van der Waals surface area (Å²) in [5, 5.41) is 2.70. The maximum absolute atomic E-state index is 14.4. The Bertz CT molecular complexity index is 1230. The van der Waals surface area contributed by atoms with Gasteiger partial charge in [-0.05, 0) is 36.4 Å². The Balaban J connectivity index is 1.59. The standard InChI is InChI=1S/C21H22FN3O5S/c1-13(2)21-24-17-12-15(4-6-18(17)30-21)23-20(26)14-3-5-16(22)19(11-14)31(27,28)25-7-9-29-10-8-25/h3-6,11-13H,7-10H2,1-2H3,(H,23,26). The lowest BCUT2D eigenvalue weighted by molar-refractivity contribution is 0.0729. The highest BCUT2D eigenvalue weighted by Gasteiger charge is 2.29. The number of halogens is 1. The number of benzene rings is 2. The minimum absolute atomic E-state index is 0.0244. The van der Waals surface area contributed by atoms with Gasteiger partial charge in [-0.3, -0.25) is 4.79 Å². The lowest BCUT2D eigenvalue weighted by Crippen LogP contribution is -2.41. The fraction of sp³-hybridized carbons (Fsp3) is 0.333. The minimum Gasteiger partial charge on any atom is -0.440 e. The minimum atomic E-state index is -4.08. The molecule has 10 heteroatoms. The third-order valence-electron chi connectivity index (χ3n) is 4.94. The van der Waals surface area contributed by atoms with E-state index in [4.69, 9.17) is 9.15 Å². The van der Waals surface area contributed by atoms with Crippen molar-refractivity contribution in [3.8, 4) is 0 Å². The molecule has 2 aromatic carbocycles. The van der Waals surface area contributed by atoms with E-state index < -0.39 is 26.6 Å². The van der Waals surface area contributed by atoms with Gasteiger partial charge in [0.25, 0.3) is 5.91 Å². The zero-order valence-corrected chi connectivity index (χ0v) is 17.9. The molecule has 0 spiro atoms. The second-order valence-corrected chi connectivity index (χ2v) is 9.41. The molecule has 0 bridgehead atoms. The number of amides is 1. The van der Waals surface area contributed by atoms with Crippen LogP contribution in [0.1, 0.15) is 36.0 Å². The lowest BCUT2D eigenvalue weighted by Gasteiger charge is -2.26. The van der Waals surface area contributed by atoms with Crippen LogP contribution in [0.25, 0.3) is 11.1 Å². The number of nitrogens with zero attached hydrogens (tertiary/aromatic N) is 2. The van der Waals surface area contributed by atoms with Crippen molar-refractivity contribution in [2.24, 2.45) is 0 Å². The molecule has 0 saturated carbocycles. The highest BCUT2D eigenvalue weighted by atomic mass is 32.2. The SMILES string of the molecule is CC(C)c1nc2cc(NC(=O)c3ccc(F)c(S(=O)(=O)N4CCOCC4)c3)ccc2o1. The van der Waals surface area contributed by atoms with Crippen LogP contribution < -0.4 is 5.32 Å². The van der Waals surface area contributed by atoms with E-state index >= 15 is 0 Å². The molecule has 1 aliphatic heterocycles. The van der Waals surface area contributed by atoms with E-state index in [0.29, 0.717) is 22.7 Å². The van der Waals surface area contributed by atoms with E-state index in [1.165, 1.54) is 6.07 Å². The summed E-state index contributed by atoms with van der Waals surface area (Å²) in [5.74, 6) is -0.759. The van der Waals surface area contributed by atoms with Crippen LogP contribution in [0.3, 0.4) is 0 Å². The highest BCUT2D eigenvalue weighted by molar-refractivity contribution is 7.89. The molecule has 1 aliphatic rings. The predicted octanol–water partition coefficient (Wildman–Crippen LogP) is 3.36. The predicted molar refractivity (Wildman–Crippen MR) is 112 cm³/mol. The number of ether oxygens (including phenoxy) is 1. The number of hydrogen-bond donors (Lipinski definition) is 1. The number of morpholine rings is 1. The van der Waals surface area contributed by atoms with E-state index in [2.05, 4.69) is 10.3 Å². The van der Waals surface area contributed by atoms with Gasteiger partial charge in [0.05, 0.1) is 13.2 Å². The number of sulfonamides is 1. The van der Waals surface area contributed by atoms with Crippen LogP contribution >= 0.6 is 0 Å². The quantitative estimate of drug-likeness (QED) is 0.644.